The second-order valence-corrected chi connectivity index (χ2v) is 5.36. The molecule has 2 aliphatic rings. The second-order valence-electron chi connectivity index (χ2n) is 5.36. The standard InChI is InChI=1S/C15H17NO/c1-17-14-5-3-2-4-13(14)15(10-16)9-11-6-7-12(15)8-11/h2-5,11-12H,6-9H2,1H3/t11-,12+,15-/m0/s1. The molecule has 0 aliphatic heterocycles. The molecule has 17 heavy (non-hydrogen) atoms. The van der Waals surface area contributed by atoms with Crippen LogP contribution in [-0.2, 0) is 5.41 Å². The van der Waals surface area contributed by atoms with Crippen molar-refractivity contribution >= 4 is 0 Å². The van der Waals surface area contributed by atoms with Crippen LogP contribution in [-0.4, -0.2) is 7.11 Å². The van der Waals surface area contributed by atoms with Crippen LogP contribution in [0, 0.1) is 23.2 Å². The lowest BCUT2D eigenvalue weighted by Crippen LogP contribution is -2.31. The van der Waals surface area contributed by atoms with Crippen molar-refractivity contribution in [2.24, 2.45) is 11.8 Å². The Hall–Kier alpha value is -1.49. The van der Waals surface area contributed by atoms with Crippen LogP contribution in [0.5, 0.6) is 5.75 Å². The number of methoxy groups -OCH3 is 1. The summed E-state index contributed by atoms with van der Waals surface area (Å²) in [6, 6.07) is 10.7. The third kappa shape index (κ3) is 1.38. The maximum atomic E-state index is 9.71. The van der Waals surface area contributed by atoms with Gasteiger partial charge in [0.25, 0.3) is 0 Å². The fourth-order valence-corrected chi connectivity index (χ4v) is 3.87. The summed E-state index contributed by atoms with van der Waals surface area (Å²) >= 11 is 0. The Morgan fingerprint density at radius 1 is 1.35 bits per heavy atom. The minimum absolute atomic E-state index is 0.282. The number of nitriles is 1. The molecule has 0 spiro atoms. The van der Waals surface area contributed by atoms with Crippen molar-refractivity contribution in [3.63, 3.8) is 0 Å². The van der Waals surface area contributed by atoms with E-state index >= 15 is 0 Å². The molecule has 0 N–H and O–H groups in total. The minimum atomic E-state index is -0.282. The predicted octanol–water partition coefficient (Wildman–Crippen LogP) is 3.28. The Balaban J connectivity index is 2.10. The van der Waals surface area contributed by atoms with Gasteiger partial charge in [-0.05, 0) is 37.2 Å². The topological polar surface area (TPSA) is 33.0 Å². The second kappa shape index (κ2) is 3.77. The van der Waals surface area contributed by atoms with Crippen LogP contribution < -0.4 is 4.74 Å². The van der Waals surface area contributed by atoms with Crippen molar-refractivity contribution in [3.05, 3.63) is 29.8 Å². The smallest absolute Gasteiger partial charge is 0.123 e. The zero-order valence-electron chi connectivity index (χ0n) is 10.1. The molecule has 0 unspecified atom stereocenters. The largest absolute Gasteiger partial charge is 0.496 e. The van der Waals surface area contributed by atoms with Crippen LogP contribution in [0.2, 0.25) is 0 Å². The summed E-state index contributed by atoms with van der Waals surface area (Å²) in [5.74, 6) is 2.17. The van der Waals surface area contributed by atoms with Gasteiger partial charge in [0.15, 0.2) is 0 Å². The van der Waals surface area contributed by atoms with Crippen molar-refractivity contribution in [1.82, 2.24) is 0 Å². The molecule has 0 heterocycles. The van der Waals surface area contributed by atoms with Gasteiger partial charge in [-0.2, -0.15) is 5.26 Å². The zero-order chi connectivity index (χ0) is 11.9. The van der Waals surface area contributed by atoms with Crippen molar-refractivity contribution in [1.29, 1.82) is 5.26 Å². The summed E-state index contributed by atoms with van der Waals surface area (Å²) in [6.07, 6.45) is 4.76. The monoisotopic (exact) mass is 227 g/mol. The van der Waals surface area contributed by atoms with Gasteiger partial charge in [-0.1, -0.05) is 24.6 Å². The molecular weight excluding hydrogens is 210 g/mol. The molecule has 2 fully saturated rings. The van der Waals surface area contributed by atoms with Crippen LogP contribution in [0.4, 0.5) is 0 Å². The Bertz CT molecular complexity index is 476. The molecule has 2 nitrogen and oxygen atoms in total. The highest BCUT2D eigenvalue weighted by atomic mass is 16.5. The van der Waals surface area contributed by atoms with E-state index in [1.54, 1.807) is 7.11 Å². The molecule has 0 amide bonds. The first-order chi connectivity index (χ1) is 8.30. The van der Waals surface area contributed by atoms with E-state index in [0.717, 1.165) is 23.7 Å². The maximum absolute atomic E-state index is 9.71. The van der Waals surface area contributed by atoms with Gasteiger partial charge in [-0.15, -0.1) is 0 Å². The SMILES string of the molecule is COc1ccccc1[C@]1(C#N)C[C@H]2CC[C@@H]1C2. The number of rotatable bonds is 2. The first-order valence-corrected chi connectivity index (χ1v) is 6.35. The molecule has 88 valence electrons. The van der Waals surface area contributed by atoms with Crippen LogP contribution >= 0.6 is 0 Å². The number of nitrogens with zero attached hydrogens (tertiary/aromatic N) is 1. The summed E-state index contributed by atoms with van der Waals surface area (Å²) in [5, 5.41) is 9.71. The molecule has 0 radical (unpaired) electrons. The number of ether oxygens (including phenoxy) is 1. The number of para-hydroxylation sites is 1. The molecule has 0 aromatic heterocycles. The van der Waals surface area contributed by atoms with Crippen molar-refractivity contribution in [2.75, 3.05) is 7.11 Å². The zero-order valence-corrected chi connectivity index (χ0v) is 10.1. The fourth-order valence-electron chi connectivity index (χ4n) is 3.87. The molecule has 1 aromatic rings. The van der Waals surface area contributed by atoms with Crippen LogP contribution in [0.25, 0.3) is 0 Å². The van der Waals surface area contributed by atoms with E-state index < -0.39 is 0 Å². The molecule has 1 aromatic carbocycles. The van der Waals surface area contributed by atoms with Gasteiger partial charge in [0.05, 0.1) is 18.6 Å². The Labute approximate surface area is 102 Å². The lowest BCUT2D eigenvalue weighted by molar-refractivity contribution is 0.322. The molecule has 0 saturated heterocycles. The number of hydrogen-bond donors (Lipinski definition) is 0. The van der Waals surface area contributed by atoms with Gasteiger partial charge in [-0.3, -0.25) is 0 Å². The van der Waals surface area contributed by atoms with Crippen LogP contribution in [0.1, 0.15) is 31.2 Å². The summed E-state index contributed by atoms with van der Waals surface area (Å²) in [5.41, 5.74) is 0.826. The van der Waals surface area contributed by atoms with Gasteiger partial charge >= 0.3 is 0 Å². The third-order valence-electron chi connectivity index (χ3n) is 4.64. The molecule has 3 atom stereocenters. The van der Waals surface area contributed by atoms with Crippen LogP contribution in [0.3, 0.4) is 0 Å². The third-order valence-corrected chi connectivity index (χ3v) is 4.64. The summed E-state index contributed by atoms with van der Waals surface area (Å²) in [7, 11) is 1.69. The average Bonchev–Trinajstić information content (AvgIpc) is 2.99. The van der Waals surface area contributed by atoms with Gasteiger partial charge < -0.3 is 4.74 Å². The van der Waals surface area contributed by atoms with Gasteiger partial charge in [0.2, 0.25) is 0 Å². The normalized spacial score (nSPS) is 34.6. The molecule has 2 bridgehead atoms. The van der Waals surface area contributed by atoms with E-state index in [9.17, 15) is 5.26 Å². The van der Waals surface area contributed by atoms with Crippen molar-refractivity contribution in [2.45, 2.75) is 31.1 Å². The van der Waals surface area contributed by atoms with E-state index in [-0.39, 0.29) is 5.41 Å². The Morgan fingerprint density at radius 2 is 2.18 bits per heavy atom. The fraction of sp³-hybridized carbons (Fsp3) is 0.533. The quantitative estimate of drug-likeness (QED) is 0.776. The molecule has 2 saturated carbocycles. The highest BCUT2D eigenvalue weighted by molar-refractivity contribution is 5.46. The minimum Gasteiger partial charge on any atom is -0.496 e. The number of benzene rings is 1. The van der Waals surface area contributed by atoms with Crippen molar-refractivity contribution in [3.8, 4) is 11.8 Å². The molecule has 2 heteroatoms. The van der Waals surface area contributed by atoms with E-state index in [2.05, 4.69) is 12.1 Å². The van der Waals surface area contributed by atoms with E-state index in [4.69, 9.17) is 4.74 Å². The summed E-state index contributed by atoms with van der Waals surface area (Å²) < 4.78 is 5.44. The molecule has 2 aliphatic carbocycles. The van der Waals surface area contributed by atoms with Crippen LogP contribution in [0.15, 0.2) is 24.3 Å². The summed E-state index contributed by atoms with van der Waals surface area (Å²) in [4.78, 5) is 0. The molecular formula is C15H17NO. The first-order valence-electron chi connectivity index (χ1n) is 6.35. The van der Waals surface area contributed by atoms with Crippen molar-refractivity contribution < 1.29 is 4.74 Å². The number of fused-ring (bicyclic) bond motifs is 2. The molecule has 3 rings (SSSR count). The van der Waals surface area contributed by atoms with Gasteiger partial charge in [-0.25, -0.2) is 0 Å². The Kier molecular flexibility index (Phi) is 2.36. The highest BCUT2D eigenvalue weighted by Gasteiger charge is 2.53. The van der Waals surface area contributed by atoms with E-state index in [1.165, 1.54) is 19.3 Å². The lowest BCUT2D eigenvalue weighted by Gasteiger charge is -2.32. The van der Waals surface area contributed by atoms with Gasteiger partial charge in [0, 0.05) is 5.56 Å². The number of hydrogen-bond acceptors (Lipinski definition) is 2. The summed E-state index contributed by atoms with van der Waals surface area (Å²) in [6.45, 7) is 0. The maximum Gasteiger partial charge on any atom is 0.123 e. The van der Waals surface area contributed by atoms with E-state index in [1.807, 2.05) is 18.2 Å². The first kappa shape index (κ1) is 10.7. The predicted molar refractivity (Wildman–Crippen MR) is 65.7 cm³/mol. The Morgan fingerprint density at radius 3 is 2.76 bits per heavy atom. The van der Waals surface area contributed by atoms with Gasteiger partial charge in [0.1, 0.15) is 5.75 Å². The average molecular weight is 227 g/mol. The highest BCUT2D eigenvalue weighted by Crippen LogP contribution is 2.58. The van der Waals surface area contributed by atoms with E-state index in [0.29, 0.717) is 5.92 Å². The lowest BCUT2D eigenvalue weighted by atomic mass is 9.69.